The van der Waals surface area contributed by atoms with Crippen LogP contribution in [0.4, 0.5) is 0 Å². The van der Waals surface area contributed by atoms with Gasteiger partial charge in [0.2, 0.25) is 5.91 Å². The molecule has 3 nitrogen and oxygen atoms in total. The Labute approximate surface area is 74.9 Å². The maximum Gasteiger partial charge on any atom is 0.236 e. The monoisotopic (exact) mass is 172 g/mol. The fraction of sp³-hybridized carbons (Fsp3) is 0.889. The molecule has 0 aliphatic carbocycles. The molecular weight excluding hydrogens is 152 g/mol. The van der Waals surface area contributed by atoms with Crippen molar-refractivity contribution in [2.45, 2.75) is 45.4 Å². The molecule has 72 valence electrons. The maximum atomic E-state index is 11.0. The van der Waals surface area contributed by atoms with Crippen molar-refractivity contribution < 1.29 is 4.79 Å². The molecule has 1 amide bonds. The first-order valence-electron chi connectivity index (χ1n) is 4.69. The van der Waals surface area contributed by atoms with E-state index in [1.807, 2.05) is 0 Å². The predicted octanol–water partition coefficient (Wildman–Crippen LogP) is 1.68. The Balaban J connectivity index is 3.14. The molecule has 0 aromatic rings. The van der Waals surface area contributed by atoms with E-state index in [1.165, 1.54) is 24.3 Å². The van der Waals surface area contributed by atoms with E-state index in [9.17, 15) is 4.79 Å². The van der Waals surface area contributed by atoms with Crippen LogP contribution in [-0.2, 0) is 4.79 Å². The van der Waals surface area contributed by atoms with Gasteiger partial charge in [-0.3, -0.25) is 9.80 Å². The molecule has 0 heterocycles. The lowest BCUT2D eigenvalue weighted by Gasteiger charge is -2.08. The lowest BCUT2D eigenvalue weighted by Crippen LogP contribution is -2.32. The third kappa shape index (κ3) is 6.16. The number of nitrogens with zero attached hydrogens (tertiary/aromatic N) is 1. The highest BCUT2D eigenvalue weighted by molar-refractivity contribution is 5.75. The fourth-order valence-corrected chi connectivity index (χ4v) is 1.06. The Morgan fingerprint density at radius 3 is 2.33 bits per heavy atom. The number of hydrogen-bond acceptors (Lipinski definition) is 2. The van der Waals surface area contributed by atoms with Crippen molar-refractivity contribution >= 4 is 5.91 Å². The summed E-state index contributed by atoms with van der Waals surface area (Å²) in [5.74, 6) is 5.29. The zero-order valence-corrected chi connectivity index (χ0v) is 8.18. The highest BCUT2D eigenvalue weighted by Gasteiger charge is 2.02. The van der Waals surface area contributed by atoms with Gasteiger partial charge in [0, 0.05) is 13.5 Å². The molecule has 0 radical (unpaired) electrons. The van der Waals surface area contributed by atoms with E-state index in [0.717, 1.165) is 12.8 Å². The molecule has 12 heavy (non-hydrogen) atoms. The van der Waals surface area contributed by atoms with Crippen molar-refractivity contribution in [3.05, 3.63) is 0 Å². The van der Waals surface area contributed by atoms with Crippen LogP contribution in [0.25, 0.3) is 0 Å². The summed E-state index contributed by atoms with van der Waals surface area (Å²) in [6.45, 7) is 2.18. The van der Waals surface area contributed by atoms with Crippen LogP contribution in [0.3, 0.4) is 0 Å². The first-order chi connectivity index (χ1) is 5.68. The van der Waals surface area contributed by atoms with Gasteiger partial charge in [-0.15, -0.1) is 0 Å². The van der Waals surface area contributed by atoms with Crippen molar-refractivity contribution in [2.75, 3.05) is 7.05 Å². The smallest absolute Gasteiger partial charge is 0.236 e. The molecule has 0 aromatic carbocycles. The summed E-state index contributed by atoms with van der Waals surface area (Å²) in [6.07, 6.45) is 6.46. The first kappa shape index (κ1) is 11.4. The third-order valence-electron chi connectivity index (χ3n) is 1.89. The molecule has 0 bridgehead atoms. The molecule has 2 N–H and O–H groups in total. The van der Waals surface area contributed by atoms with Crippen LogP contribution in [0.15, 0.2) is 0 Å². The third-order valence-corrected chi connectivity index (χ3v) is 1.89. The number of hydrogen-bond donors (Lipinski definition) is 1. The minimum atomic E-state index is 0.0338. The van der Waals surface area contributed by atoms with Gasteiger partial charge < -0.3 is 0 Å². The number of carbonyl (C=O) groups is 1. The second-order valence-electron chi connectivity index (χ2n) is 3.17. The number of unbranched alkanes of at least 4 members (excludes halogenated alkanes) is 4. The number of rotatable bonds is 6. The minimum Gasteiger partial charge on any atom is -0.284 e. The average Bonchev–Trinajstić information content (AvgIpc) is 2.03. The van der Waals surface area contributed by atoms with Crippen LogP contribution >= 0.6 is 0 Å². The van der Waals surface area contributed by atoms with E-state index in [-0.39, 0.29) is 5.91 Å². The highest BCUT2D eigenvalue weighted by Crippen LogP contribution is 2.05. The summed E-state index contributed by atoms with van der Waals surface area (Å²) in [5.41, 5.74) is 0. The van der Waals surface area contributed by atoms with E-state index in [4.69, 9.17) is 5.84 Å². The van der Waals surface area contributed by atoms with Gasteiger partial charge in [0.15, 0.2) is 0 Å². The van der Waals surface area contributed by atoms with E-state index >= 15 is 0 Å². The topological polar surface area (TPSA) is 46.3 Å². The summed E-state index contributed by atoms with van der Waals surface area (Å²) in [6, 6.07) is 0. The summed E-state index contributed by atoms with van der Waals surface area (Å²) >= 11 is 0. The van der Waals surface area contributed by atoms with E-state index in [2.05, 4.69) is 6.92 Å². The van der Waals surface area contributed by atoms with Crippen LogP contribution in [-0.4, -0.2) is 18.0 Å². The van der Waals surface area contributed by atoms with Crippen molar-refractivity contribution in [3.63, 3.8) is 0 Å². The molecule has 0 spiro atoms. The highest BCUT2D eigenvalue weighted by atomic mass is 16.2. The van der Waals surface area contributed by atoms with Gasteiger partial charge in [0.1, 0.15) is 0 Å². The van der Waals surface area contributed by atoms with Crippen LogP contribution in [0.1, 0.15) is 45.4 Å². The predicted molar refractivity (Wildman–Crippen MR) is 50.3 cm³/mol. The number of carbonyl (C=O) groups excluding carboxylic acids is 1. The second kappa shape index (κ2) is 7.10. The summed E-state index contributed by atoms with van der Waals surface area (Å²) in [7, 11) is 1.59. The Kier molecular flexibility index (Phi) is 6.76. The standard InChI is InChI=1S/C9H20N2O/c1-3-4-5-6-7-8-9(12)11(2)10/h3-8,10H2,1-2H3. The van der Waals surface area contributed by atoms with Crippen molar-refractivity contribution in [1.82, 2.24) is 5.01 Å². The molecule has 0 aromatic heterocycles. The summed E-state index contributed by atoms with van der Waals surface area (Å²) in [4.78, 5) is 11.0. The molecule has 0 unspecified atom stereocenters. The Morgan fingerprint density at radius 2 is 1.83 bits per heavy atom. The molecule has 0 atom stereocenters. The average molecular weight is 172 g/mol. The van der Waals surface area contributed by atoms with E-state index < -0.39 is 0 Å². The zero-order chi connectivity index (χ0) is 9.40. The van der Waals surface area contributed by atoms with Crippen LogP contribution in [0.2, 0.25) is 0 Å². The molecule has 0 aliphatic heterocycles. The second-order valence-corrected chi connectivity index (χ2v) is 3.17. The quantitative estimate of drug-likeness (QED) is 0.287. The summed E-state index contributed by atoms with van der Waals surface area (Å²) < 4.78 is 0. The van der Waals surface area contributed by atoms with Crippen molar-refractivity contribution in [3.8, 4) is 0 Å². The molecular formula is C9H20N2O. The molecule has 0 saturated carbocycles. The van der Waals surface area contributed by atoms with Crippen LogP contribution < -0.4 is 5.84 Å². The number of nitrogens with two attached hydrogens (primary N) is 1. The molecule has 0 rings (SSSR count). The van der Waals surface area contributed by atoms with E-state index in [1.54, 1.807) is 7.05 Å². The Bertz CT molecular complexity index is 124. The van der Waals surface area contributed by atoms with Gasteiger partial charge in [-0.1, -0.05) is 32.6 Å². The molecule has 3 heteroatoms. The number of amides is 1. The summed E-state index contributed by atoms with van der Waals surface area (Å²) in [5, 5.41) is 1.17. The van der Waals surface area contributed by atoms with Gasteiger partial charge in [0.25, 0.3) is 0 Å². The zero-order valence-electron chi connectivity index (χ0n) is 8.18. The van der Waals surface area contributed by atoms with Crippen molar-refractivity contribution in [2.24, 2.45) is 5.84 Å². The molecule has 0 fully saturated rings. The van der Waals surface area contributed by atoms with Gasteiger partial charge in [-0.25, -0.2) is 5.84 Å². The van der Waals surface area contributed by atoms with Gasteiger partial charge in [-0.2, -0.15) is 0 Å². The number of hydrazine groups is 1. The maximum absolute atomic E-state index is 11.0. The Hall–Kier alpha value is -0.570. The van der Waals surface area contributed by atoms with Crippen LogP contribution in [0, 0.1) is 0 Å². The van der Waals surface area contributed by atoms with Crippen LogP contribution in [0.5, 0.6) is 0 Å². The van der Waals surface area contributed by atoms with Crippen molar-refractivity contribution in [1.29, 1.82) is 0 Å². The first-order valence-corrected chi connectivity index (χ1v) is 4.69. The lowest BCUT2D eigenvalue weighted by atomic mass is 10.1. The normalized spacial score (nSPS) is 9.92. The van der Waals surface area contributed by atoms with Gasteiger partial charge >= 0.3 is 0 Å². The largest absolute Gasteiger partial charge is 0.284 e. The lowest BCUT2D eigenvalue weighted by molar-refractivity contribution is -0.130. The van der Waals surface area contributed by atoms with E-state index in [0.29, 0.717) is 6.42 Å². The Morgan fingerprint density at radius 1 is 1.25 bits per heavy atom. The SMILES string of the molecule is CCCCCCCC(=O)N(C)N. The fourth-order valence-electron chi connectivity index (χ4n) is 1.06. The minimum absolute atomic E-state index is 0.0338. The van der Waals surface area contributed by atoms with Gasteiger partial charge in [0.05, 0.1) is 0 Å². The molecule has 0 aliphatic rings. The molecule has 0 saturated heterocycles. The van der Waals surface area contributed by atoms with Gasteiger partial charge in [-0.05, 0) is 6.42 Å².